The summed E-state index contributed by atoms with van der Waals surface area (Å²) in [5.74, 6) is -2.50. The summed E-state index contributed by atoms with van der Waals surface area (Å²) in [6, 6.07) is 4.25. The number of carboxylic acid groups (broad SMARTS) is 1. The Labute approximate surface area is 131 Å². The minimum absolute atomic E-state index is 0.0166. The average molecular weight is 329 g/mol. The van der Waals surface area contributed by atoms with Gasteiger partial charge in [0.15, 0.2) is 11.5 Å². The number of aliphatic carboxylic acids is 1. The second-order valence-corrected chi connectivity index (χ2v) is 5.14. The maximum atomic E-state index is 12.6. The van der Waals surface area contributed by atoms with Crippen LogP contribution in [0.2, 0.25) is 0 Å². The van der Waals surface area contributed by atoms with Gasteiger partial charge in [0, 0.05) is 13.1 Å². The smallest absolute Gasteiger partial charge is 0.387 e. The maximum Gasteiger partial charge on any atom is 0.387 e. The van der Waals surface area contributed by atoms with Gasteiger partial charge in [-0.05, 0) is 25.0 Å². The summed E-state index contributed by atoms with van der Waals surface area (Å²) in [7, 11) is 1.28. The van der Waals surface area contributed by atoms with E-state index in [0.717, 1.165) is 0 Å². The van der Waals surface area contributed by atoms with Gasteiger partial charge in [-0.3, -0.25) is 9.59 Å². The van der Waals surface area contributed by atoms with Crippen LogP contribution < -0.4 is 9.47 Å². The molecule has 0 unspecified atom stereocenters. The lowest BCUT2D eigenvalue weighted by molar-refractivity contribution is -0.143. The lowest BCUT2D eigenvalue weighted by Gasteiger charge is -2.31. The molecule has 0 aromatic heterocycles. The Morgan fingerprint density at radius 3 is 2.74 bits per heavy atom. The van der Waals surface area contributed by atoms with E-state index in [9.17, 15) is 18.4 Å². The van der Waals surface area contributed by atoms with Crippen molar-refractivity contribution in [2.24, 2.45) is 5.92 Å². The zero-order valence-electron chi connectivity index (χ0n) is 12.5. The third kappa shape index (κ3) is 3.88. The van der Waals surface area contributed by atoms with E-state index in [4.69, 9.17) is 9.84 Å². The van der Waals surface area contributed by atoms with Gasteiger partial charge in [-0.1, -0.05) is 6.07 Å². The van der Waals surface area contributed by atoms with E-state index in [1.165, 1.54) is 30.2 Å². The molecule has 1 saturated heterocycles. The number of carbonyl (C=O) groups excluding carboxylic acids is 1. The molecule has 0 bridgehead atoms. The molecule has 1 aromatic rings. The maximum absolute atomic E-state index is 12.6. The fourth-order valence-corrected chi connectivity index (χ4v) is 2.59. The Morgan fingerprint density at radius 2 is 2.13 bits per heavy atom. The number of amides is 1. The molecule has 2 rings (SSSR count). The van der Waals surface area contributed by atoms with Crippen molar-refractivity contribution in [3.8, 4) is 11.5 Å². The molecule has 6 nitrogen and oxygen atoms in total. The molecule has 1 amide bonds. The Morgan fingerprint density at radius 1 is 1.39 bits per heavy atom. The van der Waals surface area contributed by atoms with E-state index in [1.807, 2.05) is 0 Å². The summed E-state index contributed by atoms with van der Waals surface area (Å²) >= 11 is 0. The summed E-state index contributed by atoms with van der Waals surface area (Å²) in [6.45, 7) is -2.70. The number of halogens is 2. The van der Waals surface area contributed by atoms with E-state index < -0.39 is 24.4 Å². The van der Waals surface area contributed by atoms with Gasteiger partial charge in [0.25, 0.3) is 5.91 Å². The van der Waals surface area contributed by atoms with Gasteiger partial charge in [-0.2, -0.15) is 8.78 Å². The van der Waals surface area contributed by atoms with Crippen LogP contribution in [0.5, 0.6) is 11.5 Å². The number of carbonyl (C=O) groups is 2. The Balaban J connectivity index is 2.29. The quantitative estimate of drug-likeness (QED) is 0.896. The van der Waals surface area contributed by atoms with Crippen molar-refractivity contribution in [2.45, 2.75) is 19.5 Å². The molecule has 1 aliphatic rings. The van der Waals surface area contributed by atoms with Gasteiger partial charge in [0.1, 0.15) is 0 Å². The van der Waals surface area contributed by atoms with Crippen molar-refractivity contribution in [2.75, 3.05) is 20.2 Å². The predicted molar refractivity (Wildman–Crippen MR) is 75.9 cm³/mol. The molecule has 23 heavy (non-hydrogen) atoms. The average Bonchev–Trinajstić information content (AvgIpc) is 2.54. The molecule has 1 heterocycles. The number of piperidine rings is 1. The van der Waals surface area contributed by atoms with Crippen LogP contribution in [0.25, 0.3) is 0 Å². The summed E-state index contributed by atoms with van der Waals surface area (Å²) in [5, 5.41) is 9.08. The number of likely N-dealkylation sites (tertiary alicyclic amines) is 1. The first-order chi connectivity index (χ1) is 10.9. The van der Waals surface area contributed by atoms with Gasteiger partial charge in [-0.15, -0.1) is 0 Å². The molecule has 1 aliphatic heterocycles. The van der Waals surface area contributed by atoms with Crippen LogP contribution in [-0.4, -0.2) is 48.7 Å². The Kier molecular flexibility index (Phi) is 5.36. The summed E-state index contributed by atoms with van der Waals surface area (Å²) in [4.78, 5) is 25.0. The van der Waals surface area contributed by atoms with Crippen molar-refractivity contribution >= 4 is 11.9 Å². The highest BCUT2D eigenvalue weighted by atomic mass is 19.3. The zero-order valence-corrected chi connectivity index (χ0v) is 12.5. The number of hydrogen-bond acceptors (Lipinski definition) is 4. The molecule has 126 valence electrons. The number of alkyl halides is 2. The first-order valence-electron chi connectivity index (χ1n) is 7.08. The number of hydrogen-bond donors (Lipinski definition) is 1. The first-order valence-corrected chi connectivity index (χ1v) is 7.08. The lowest BCUT2D eigenvalue weighted by Crippen LogP contribution is -2.42. The summed E-state index contributed by atoms with van der Waals surface area (Å²) in [6.07, 6.45) is 1.02. The highest BCUT2D eigenvalue weighted by Crippen LogP contribution is 2.34. The van der Waals surface area contributed by atoms with Gasteiger partial charge in [0.05, 0.1) is 18.6 Å². The molecule has 0 saturated carbocycles. The Bertz CT molecular complexity index is 593. The topological polar surface area (TPSA) is 76.1 Å². The van der Waals surface area contributed by atoms with Crippen molar-refractivity contribution in [3.63, 3.8) is 0 Å². The largest absolute Gasteiger partial charge is 0.493 e. The number of methoxy groups -OCH3 is 1. The molecule has 1 N–H and O–H groups in total. The molecule has 0 radical (unpaired) electrons. The van der Waals surface area contributed by atoms with Crippen LogP contribution >= 0.6 is 0 Å². The molecular weight excluding hydrogens is 312 g/mol. The second kappa shape index (κ2) is 7.26. The highest BCUT2D eigenvalue weighted by molar-refractivity contribution is 5.98. The van der Waals surface area contributed by atoms with Crippen LogP contribution in [-0.2, 0) is 4.79 Å². The molecule has 1 aromatic carbocycles. The van der Waals surface area contributed by atoms with Gasteiger partial charge >= 0.3 is 12.6 Å². The molecular formula is C15H17F2NO5. The molecule has 8 heteroatoms. The van der Waals surface area contributed by atoms with Crippen molar-refractivity contribution < 1.29 is 33.0 Å². The number of ether oxygens (including phenoxy) is 2. The fourth-order valence-electron chi connectivity index (χ4n) is 2.59. The van der Waals surface area contributed by atoms with E-state index in [1.54, 1.807) is 0 Å². The van der Waals surface area contributed by atoms with Crippen LogP contribution in [0.15, 0.2) is 18.2 Å². The Hall–Kier alpha value is -2.38. The predicted octanol–water partition coefficient (Wildman–Crippen LogP) is 2.23. The third-order valence-corrected chi connectivity index (χ3v) is 3.69. The van der Waals surface area contributed by atoms with Crippen molar-refractivity contribution in [3.05, 3.63) is 23.8 Å². The number of para-hydroxylation sites is 1. The van der Waals surface area contributed by atoms with E-state index >= 15 is 0 Å². The van der Waals surface area contributed by atoms with Crippen molar-refractivity contribution in [1.29, 1.82) is 0 Å². The van der Waals surface area contributed by atoms with Crippen LogP contribution in [0.1, 0.15) is 23.2 Å². The summed E-state index contributed by atoms with van der Waals surface area (Å²) < 4.78 is 34.6. The van der Waals surface area contributed by atoms with Crippen LogP contribution in [0.4, 0.5) is 8.78 Å². The molecule has 1 atom stereocenters. The number of rotatable bonds is 5. The van der Waals surface area contributed by atoms with Crippen LogP contribution in [0, 0.1) is 5.92 Å². The van der Waals surface area contributed by atoms with Gasteiger partial charge in [0.2, 0.25) is 0 Å². The SMILES string of the molecule is COc1cccc(C(=O)N2CCC[C@H](C(=O)O)C2)c1OC(F)F. The number of nitrogens with zero attached hydrogens (tertiary/aromatic N) is 1. The van der Waals surface area contributed by atoms with Gasteiger partial charge in [-0.25, -0.2) is 0 Å². The number of carboxylic acids is 1. The summed E-state index contributed by atoms with van der Waals surface area (Å²) in [5.41, 5.74) is -0.0734. The van der Waals surface area contributed by atoms with Gasteiger partial charge < -0.3 is 19.5 Å². The normalized spacial score (nSPS) is 17.9. The fraction of sp³-hybridized carbons (Fsp3) is 0.467. The molecule has 0 spiro atoms. The van der Waals surface area contributed by atoms with E-state index in [0.29, 0.717) is 19.4 Å². The minimum Gasteiger partial charge on any atom is -0.493 e. The monoisotopic (exact) mass is 329 g/mol. The van der Waals surface area contributed by atoms with E-state index in [-0.39, 0.29) is 23.6 Å². The van der Waals surface area contributed by atoms with Crippen molar-refractivity contribution in [1.82, 2.24) is 4.90 Å². The van der Waals surface area contributed by atoms with E-state index in [2.05, 4.69) is 4.74 Å². The minimum atomic E-state index is -3.11. The lowest BCUT2D eigenvalue weighted by atomic mass is 9.97. The third-order valence-electron chi connectivity index (χ3n) is 3.69. The van der Waals surface area contributed by atoms with Crippen LogP contribution in [0.3, 0.4) is 0 Å². The molecule has 1 fully saturated rings. The number of benzene rings is 1. The first kappa shape index (κ1) is 17.0. The highest BCUT2D eigenvalue weighted by Gasteiger charge is 2.31. The zero-order chi connectivity index (χ0) is 17.0. The standard InChI is InChI=1S/C15H17F2NO5/c1-22-11-6-2-5-10(12(11)23-15(16)17)13(19)18-7-3-4-9(8-18)14(20)21/h2,5-6,9,15H,3-4,7-8H2,1H3,(H,20,21)/t9-/m0/s1. The molecule has 0 aliphatic carbocycles. The second-order valence-electron chi connectivity index (χ2n) is 5.14.